The second-order valence-corrected chi connectivity index (χ2v) is 5.02. The third-order valence-electron chi connectivity index (χ3n) is 3.73. The van der Waals surface area contributed by atoms with Crippen LogP contribution in [0.15, 0.2) is 22.6 Å². The van der Waals surface area contributed by atoms with Crippen molar-refractivity contribution in [3.05, 3.63) is 57.5 Å². The number of hydrogen-bond acceptors (Lipinski definition) is 2. The molecular formula is C16H20O2. The third kappa shape index (κ3) is 2.08. The predicted octanol–water partition coefficient (Wildman–Crippen LogP) is 3.90. The second kappa shape index (κ2) is 4.62. The first-order chi connectivity index (χ1) is 8.41. The van der Waals surface area contributed by atoms with Crippen molar-refractivity contribution in [1.82, 2.24) is 0 Å². The molecule has 0 saturated carbocycles. The normalized spacial score (nSPS) is 12.8. The largest absolute Gasteiger partial charge is 0.463 e. The van der Waals surface area contributed by atoms with E-state index in [-0.39, 0.29) is 0 Å². The number of furan rings is 1. The zero-order chi connectivity index (χ0) is 13.4. The molecule has 1 heterocycles. The summed E-state index contributed by atoms with van der Waals surface area (Å²) in [4.78, 5) is 0. The molecule has 0 radical (unpaired) electrons. The molecule has 0 aliphatic heterocycles. The standard InChI is InChI=1S/C16H20O2/c1-9-8-10(2)13(5)15(12(9)4)16(17)14-7-6-11(3)18-14/h6-8,16-17H,1-5H3. The van der Waals surface area contributed by atoms with Crippen molar-refractivity contribution >= 4 is 0 Å². The van der Waals surface area contributed by atoms with Gasteiger partial charge in [-0.15, -0.1) is 0 Å². The summed E-state index contributed by atoms with van der Waals surface area (Å²) in [7, 11) is 0. The van der Waals surface area contributed by atoms with E-state index >= 15 is 0 Å². The van der Waals surface area contributed by atoms with Gasteiger partial charge in [-0.1, -0.05) is 6.07 Å². The summed E-state index contributed by atoms with van der Waals surface area (Å²) in [5.74, 6) is 1.44. The molecule has 2 rings (SSSR count). The SMILES string of the molecule is Cc1ccc(C(O)c2c(C)c(C)cc(C)c2C)o1. The number of aliphatic hydroxyl groups excluding tert-OH is 1. The van der Waals surface area contributed by atoms with Gasteiger partial charge in [-0.3, -0.25) is 0 Å². The lowest BCUT2D eigenvalue weighted by molar-refractivity contribution is 0.186. The number of aryl methyl sites for hydroxylation is 3. The van der Waals surface area contributed by atoms with Gasteiger partial charge in [0.05, 0.1) is 0 Å². The van der Waals surface area contributed by atoms with Crippen molar-refractivity contribution in [1.29, 1.82) is 0 Å². The van der Waals surface area contributed by atoms with Crippen LogP contribution in [0.5, 0.6) is 0 Å². The maximum absolute atomic E-state index is 10.5. The predicted molar refractivity (Wildman–Crippen MR) is 72.9 cm³/mol. The van der Waals surface area contributed by atoms with Crippen LogP contribution in [0.25, 0.3) is 0 Å². The van der Waals surface area contributed by atoms with E-state index in [1.165, 1.54) is 11.1 Å². The van der Waals surface area contributed by atoms with Crippen molar-refractivity contribution in [2.75, 3.05) is 0 Å². The monoisotopic (exact) mass is 244 g/mol. The fourth-order valence-electron chi connectivity index (χ4n) is 2.40. The van der Waals surface area contributed by atoms with Crippen molar-refractivity contribution < 1.29 is 9.52 Å². The Balaban J connectivity index is 2.57. The molecule has 1 aromatic carbocycles. The van der Waals surface area contributed by atoms with Gasteiger partial charge in [0, 0.05) is 0 Å². The molecule has 0 amide bonds. The summed E-state index contributed by atoms with van der Waals surface area (Å²) < 4.78 is 5.54. The van der Waals surface area contributed by atoms with Crippen molar-refractivity contribution in [3.8, 4) is 0 Å². The van der Waals surface area contributed by atoms with E-state index in [0.717, 1.165) is 22.5 Å². The second-order valence-electron chi connectivity index (χ2n) is 5.02. The minimum Gasteiger partial charge on any atom is -0.463 e. The number of aliphatic hydroxyl groups is 1. The lowest BCUT2D eigenvalue weighted by atomic mass is 9.90. The molecule has 0 fully saturated rings. The van der Waals surface area contributed by atoms with Crippen LogP contribution in [-0.4, -0.2) is 5.11 Å². The Morgan fingerprint density at radius 1 is 0.944 bits per heavy atom. The molecule has 2 heteroatoms. The van der Waals surface area contributed by atoms with Crippen LogP contribution < -0.4 is 0 Å². The van der Waals surface area contributed by atoms with Crippen molar-refractivity contribution in [2.24, 2.45) is 0 Å². The summed E-state index contributed by atoms with van der Waals surface area (Å²) in [5.41, 5.74) is 5.66. The molecule has 0 aliphatic rings. The zero-order valence-electron chi connectivity index (χ0n) is 11.7. The Hall–Kier alpha value is -1.54. The van der Waals surface area contributed by atoms with Gasteiger partial charge in [0.1, 0.15) is 17.6 Å². The molecule has 1 unspecified atom stereocenters. The third-order valence-corrected chi connectivity index (χ3v) is 3.73. The highest BCUT2D eigenvalue weighted by molar-refractivity contribution is 5.47. The van der Waals surface area contributed by atoms with Crippen LogP contribution in [0.4, 0.5) is 0 Å². The molecule has 1 aromatic heterocycles. The molecule has 2 aromatic rings. The van der Waals surface area contributed by atoms with E-state index in [1.807, 2.05) is 19.1 Å². The maximum atomic E-state index is 10.5. The highest BCUT2D eigenvalue weighted by Gasteiger charge is 2.20. The van der Waals surface area contributed by atoms with Gasteiger partial charge < -0.3 is 9.52 Å². The van der Waals surface area contributed by atoms with Crippen molar-refractivity contribution in [3.63, 3.8) is 0 Å². The topological polar surface area (TPSA) is 33.4 Å². The zero-order valence-corrected chi connectivity index (χ0v) is 11.7. The molecular weight excluding hydrogens is 224 g/mol. The summed E-state index contributed by atoms with van der Waals surface area (Å²) in [5, 5.41) is 10.5. The maximum Gasteiger partial charge on any atom is 0.137 e. The van der Waals surface area contributed by atoms with Gasteiger partial charge in [-0.05, 0) is 74.6 Å². The Morgan fingerprint density at radius 2 is 1.50 bits per heavy atom. The van der Waals surface area contributed by atoms with E-state index in [0.29, 0.717) is 5.76 Å². The first-order valence-electron chi connectivity index (χ1n) is 6.23. The smallest absolute Gasteiger partial charge is 0.137 e. The van der Waals surface area contributed by atoms with Crippen LogP contribution in [-0.2, 0) is 0 Å². The van der Waals surface area contributed by atoms with Gasteiger partial charge in [0.25, 0.3) is 0 Å². The number of hydrogen-bond donors (Lipinski definition) is 1. The summed E-state index contributed by atoms with van der Waals surface area (Å²) >= 11 is 0. The highest BCUT2D eigenvalue weighted by Crippen LogP contribution is 2.32. The van der Waals surface area contributed by atoms with E-state index < -0.39 is 6.10 Å². The van der Waals surface area contributed by atoms with E-state index in [1.54, 1.807) is 0 Å². The fourth-order valence-corrected chi connectivity index (χ4v) is 2.40. The number of benzene rings is 1. The van der Waals surface area contributed by atoms with Crippen LogP contribution in [0.1, 0.15) is 45.4 Å². The average Bonchev–Trinajstić information content (AvgIpc) is 2.73. The van der Waals surface area contributed by atoms with Crippen LogP contribution in [0.2, 0.25) is 0 Å². The molecule has 0 spiro atoms. The quantitative estimate of drug-likeness (QED) is 0.869. The molecule has 18 heavy (non-hydrogen) atoms. The lowest BCUT2D eigenvalue weighted by Crippen LogP contribution is -2.06. The Labute approximate surface area is 108 Å². The summed E-state index contributed by atoms with van der Waals surface area (Å²) in [6.07, 6.45) is -0.683. The molecule has 1 atom stereocenters. The highest BCUT2D eigenvalue weighted by atomic mass is 16.4. The Kier molecular flexibility index (Phi) is 3.31. The Morgan fingerprint density at radius 3 is 1.94 bits per heavy atom. The summed E-state index contributed by atoms with van der Waals surface area (Å²) in [6, 6.07) is 5.89. The molecule has 0 bridgehead atoms. The number of rotatable bonds is 2. The van der Waals surface area contributed by atoms with E-state index in [2.05, 4.69) is 33.8 Å². The first kappa shape index (κ1) is 12.9. The van der Waals surface area contributed by atoms with Crippen molar-refractivity contribution in [2.45, 2.75) is 40.7 Å². The minimum atomic E-state index is -0.683. The van der Waals surface area contributed by atoms with E-state index in [9.17, 15) is 5.11 Å². The molecule has 2 nitrogen and oxygen atoms in total. The van der Waals surface area contributed by atoms with E-state index in [4.69, 9.17) is 4.42 Å². The van der Waals surface area contributed by atoms with Gasteiger partial charge in [0.15, 0.2) is 0 Å². The van der Waals surface area contributed by atoms with Crippen LogP contribution in [0.3, 0.4) is 0 Å². The molecule has 0 saturated heterocycles. The molecule has 0 aliphatic carbocycles. The van der Waals surface area contributed by atoms with Crippen LogP contribution in [0, 0.1) is 34.6 Å². The summed E-state index contributed by atoms with van der Waals surface area (Å²) in [6.45, 7) is 10.1. The van der Waals surface area contributed by atoms with Crippen LogP contribution >= 0.6 is 0 Å². The molecule has 96 valence electrons. The van der Waals surface area contributed by atoms with Gasteiger partial charge in [0.2, 0.25) is 0 Å². The van der Waals surface area contributed by atoms with Gasteiger partial charge >= 0.3 is 0 Å². The fraction of sp³-hybridized carbons (Fsp3) is 0.375. The minimum absolute atomic E-state index is 0.615. The van der Waals surface area contributed by atoms with Gasteiger partial charge in [-0.2, -0.15) is 0 Å². The first-order valence-corrected chi connectivity index (χ1v) is 6.23. The van der Waals surface area contributed by atoms with Gasteiger partial charge in [-0.25, -0.2) is 0 Å². The average molecular weight is 244 g/mol. The lowest BCUT2D eigenvalue weighted by Gasteiger charge is -2.18. The Bertz CT molecular complexity index is 553. The molecule has 1 N–H and O–H groups in total.